The van der Waals surface area contributed by atoms with Gasteiger partial charge in [-0.25, -0.2) is 8.42 Å². The summed E-state index contributed by atoms with van der Waals surface area (Å²) in [7, 11) is -4.16. The summed E-state index contributed by atoms with van der Waals surface area (Å²) in [5.74, 6) is -0.698. The molecule has 0 saturated heterocycles. The SMILES string of the molecule is CC[C@H](C(=O)NCC(C)C)N(Cc1c(Cl)cccc1Cl)C(=O)CN(c1ccc(C)cc1)S(=O)(=O)c1ccc(SC)cc1. The zero-order valence-corrected chi connectivity index (χ0v) is 27.6. The molecular weight excluding hydrogens is 613 g/mol. The maximum Gasteiger partial charge on any atom is 0.264 e. The summed E-state index contributed by atoms with van der Waals surface area (Å²) < 4.78 is 29.1. The number of rotatable bonds is 13. The number of halogens is 2. The smallest absolute Gasteiger partial charge is 0.264 e. The van der Waals surface area contributed by atoms with Gasteiger partial charge in [0.25, 0.3) is 10.0 Å². The number of amides is 2. The Morgan fingerprint density at radius 1 is 0.952 bits per heavy atom. The van der Waals surface area contributed by atoms with Gasteiger partial charge in [0.05, 0.1) is 10.6 Å². The number of benzene rings is 3. The number of nitrogens with zero attached hydrogens (tertiary/aromatic N) is 2. The average Bonchev–Trinajstić information content (AvgIpc) is 2.96. The Morgan fingerprint density at radius 3 is 2.07 bits per heavy atom. The normalized spacial score (nSPS) is 12.2. The molecule has 3 rings (SSSR count). The third-order valence-electron chi connectivity index (χ3n) is 6.71. The Morgan fingerprint density at radius 2 is 1.55 bits per heavy atom. The molecular formula is C31H37Cl2N3O4S2. The molecule has 0 aliphatic rings. The average molecular weight is 651 g/mol. The van der Waals surface area contributed by atoms with Crippen molar-refractivity contribution in [3.63, 3.8) is 0 Å². The number of carbonyl (C=O) groups excluding carboxylic acids is 2. The fourth-order valence-electron chi connectivity index (χ4n) is 4.31. The fraction of sp³-hybridized carbons (Fsp3) is 0.355. The molecule has 7 nitrogen and oxygen atoms in total. The molecule has 1 atom stereocenters. The van der Waals surface area contributed by atoms with Crippen LogP contribution in [-0.4, -0.2) is 50.5 Å². The van der Waals surface area contributed by atoms with Gasteiger partial charge in [0.1, 0.15) is 12.6 Å². The highest BCUT2D eigenvalue weighted by Crippen LogP contribution is 2.29. The number of carbonyl (C=O) groups is 2. The molecule has 3 aromatic carbocycles. The molecule has 0 radical (unpaired) electrons. The largest absolute Gasteiger partial charge is 0.354 e. The molecule has 0 unspecified atom stereocenters. The molecule has 0 aromatic heterocycles. The van der Waals surface area contributed by atoms with Crippen LogP contribution in [0.25, 0.3) is 0 Å². The van der Waals surface area contributed by atoms with Crippen LogP contribution in [0.5, 0.6) is 0 Å². The molecule has 42 heavy (non-hydrogen) atoms. The number of aryl methyl sites for hydroxylation is 1. The standard InChI is InChI=1S/C31H37Cl2N3O4S2/c1-6-29(31(38)34-18-21(2)3)35(19-26-27(32)8-7-9-28(26)33)30(37)20-36(23-12-10-22(4)11-13-23)42(39,40)25-16-14-24(41-5)15-17-25/h7-17,21,29H,6,18-20H2,1-5H3,(H,34,38)/t29-/m1/s1. The molecule has 3 aromatic rings. The lowest BCUT2D eigenvalue weighted by Crippen LogP contribution is -2.52. The molecule has 0 bridgehead atoms. The van der Waals surface area contributed by atoms with Gasteiger partial charge in [0.2, 0.25) is 11.8 Å². The minimum atomic E-state index is -4.16. The monoisotopic (exact) mass is 649 g/mol. The summed E-state index contributed by atoms with van der Waals surface area (Å²) in [5.41, 5.74) is 1.74. The number of sulfonamides is 1. The zero-order valence-electron chi connectivity index (χ0n) is 24.4. The summed E-state index contributed by atoms with van der Waals surface area (Å²) in [6.45, 7) is 7.47. The first-order valence-corrected chi connectivity index (χ1v) is 17.0. The molecule has 0 spiro atoms. The second-order valence-electron chi connectivity index (χ2n) is 10.3. The molecule has 0 fully saturated rings. The van der Waals surface area contributed by atoms with Crippen LogP contribution in [0, 0.1) is 12.8 Å². The molecule has 2 amide bonds. The Balaban J connectivity index is 2.08. The van der Waals surface area contributed by atoms with E-state index in [1.165, 1.54) is 28.8 Å². The van der Waals surface area contributed by atoms with E-state index in [-0.39, 0.29) is 23.3 Å². The van der Waals surface area contributed by atoms with Crippen LogP contribution in [0.2, 0.25) is 10.0 Å². The summed E-state index contributed by atoms with van der Waals surface area (Å²) in [4.78, 5) is 29.9. The summed E-state index contributed by atoms with van der Waals surface area (Å²) in [5, 5.41) is 3.59. The third kappa shape index (κ3) is 8.43. The third-order valence-corrected chi connectivity index (χ3v) is 9.95. The van der Waals surface area contributed by atoms with Crippen molar-refractivity contribution in [3.8, 4) is 0 Å². The number of nitrogens with one attached hydrogen (secondary N) is 1. The number of thioether (sulfide) groups is 1. The predicted molar refractivity (Wildman–Crippen MR) is 173 cm³/mol. The molecule has 0 heterocycles. The van der Waals surface area contributed by atoms with E-state index in [1.54, 1.807) is 61.5 Å². The van der Waals surface area contributed by atoms with Crippen molar-refractivity contribution >= 4 is 62.5 Å². The Labute approximate surface area is 263 Å². The van der Waals surface area contributed by atoms with Gasteiger partial charge >= 0.3 is 0 Å². The first-order valence-electron chi connectivity index (χ1n) is 13.6. The molecule has 1 N–H and O–H groups in total. The van der Waals surface area contributed by atoms with Crippen molar-refractivity contribution in [1.29, 1.82) is 0 Å². The van der Waals surface area contributed by atoms with Gasteiger partial charge in [0.15, 0.2) is 0 Å². The summed E-state index contributed by atoms with van der Waals surface area (Å²) in [6.07, 6.45) is 2.20. The first kappa shape index (κ1) is 33.8. The van der Waals surface area contributed by atoms with Crippen molar-refractivity contribution in [2.75, 3.05) is 23.7 Å². The molecule has 0 aliphatic carbocycles. The van der Waals surface area contributed by atoms with Crippen molar-refractivity contribution in [1.82, 2.24) is 10.2 Å². The van der Waals surface area contributed by atoms with Gasteiger partial charge in [-0.05, 0) is 74.0 Å². The van der Waals surface area contributed by atoms with Crippen LogP contribution in [0.4, 0.5) is 5.69 Å². The Kier molecular flexibility index (Phi) is 12.2. The van der Waals surface area contributed by atoms with E-state index in [9.17, 15) is 18.0 Å². The van der Waals surface area contributed by atoms with Gasteiger partial charge in [-0.1, -0.05) is 67.7 Å². The lowest BCUT2D eigenvalue weighted by Gasteiger charge is -2.33. The van der Waals surface area contributed by atoms with E-state index >= 15 is 0 Å². The van der Waals surface area contributed by atoms with Gasteiger partial charge in [-0.15, -0.1) is 11.8 Å². The van der Waals surface area contributed by atoms with E-state index in [1.807, 2.05) is 27.0 Å². The molecule has 226 valence electrons. The van der Waals surface area contributed by atoms with Crippen LogP contribution in [0.3, 0.4) is 0 Å². The van der Waals surface area contributed by atoms with Crippen LogP contribution < -0.4 is 9.62 Å². The van der Waals surface area contributed by atoms with Crippen molar-refractivity contribution in [2.24, 2.45) is 5.92 Å². The highest BCUT2D eigenvalue weighted by Gasteiger charge is 2.34. The van der Waals surface area contributed by atoms with Crippen LogP contribution >= 0.6 is 35.0 Å². The maximum atomic E-state index is 14.2. The van der Waals surface area contributed by atoms with Crippen molar-refractivity contribution < 1.29 is 18.0 Å². The molecule has 11 heteroatoms. The number of anilines is 1. The maximum absolute atomic E-state index is 14.2. The second kappa shape index (κ2) is 15.1. The van der Waals surface area contributed by atoms with Gasteiger partial charge < -0.3 is 10.2 Å². The zero-order chi connectivity index (χ0) is 31.0. The van der Waals surface area contributed by atoms with Crippen LogP contribution in [0.15, 0.2) is 76.5 Å². The summed E-state index contributed by atoms with van der Waals surface area (Å²) in [6, 6.07) is 17.5. The summed E-state index contributed by atoms with van der Waals surface area (Å²) >= 11 is 14.4. The molecule has 0 aliphatic heterocycles. The minimum absolute atomic E-state index is 0.0519. The fourth-order valence-corrected chi connectivity index (χ4v) is 6.65. The predicted octanol–water partition coefficient (Wildman–Crippen LogP) is 6.80. The molecule has 0 saturated carbocycles. The first-order chi connectivity index (χ1) is 19.9. The van der Waals surface area contributed by atoms with Crippen LogP contribution in [-0.2, 0) is 26.2 Å². The van der Waals surface area contributed by atoms with E-state index in [4.69, 9.17) is 23.2 Å². The minimum Gasteiger partial charge on any atom is -0.354 e. The Bertz CT molecular complexity index is 1460. The Hall–Kier alpha value is -2.72. The van der Waals surface area contributed by atoms with E-state index < -0.39 is 28.5 Å². The van der Waals surface area contributed by atoms with E-state index in [2.05, 4.69) is 5.32 Å². The van der Waals surface area contributed by atoms with Gasteiger partial charge in [-0.2, -0.15) is 0 Å². The highest BCUT2D eigenvalue weighted by atomic mass is 35.5. The van der Waals surface area contributed by atoms with Crippen molar-refractivity contribution in [3.05, 3.63) is 87.9 Å². The van der Waals surface area contributed by atoms with Crippen molar-refractivity contribution in [2.45, 2.75) is 56.5 Å². The quantitative estimate of drug-likeness (QED) is 0.206. The van der Waals surface area contributed by atoms with E-state index in [0.717, 1.165) is 14.8 Å². The van der Waals surface area contributed by atoms with Gasteiger partial charge in [0, 0.05) is 33.6 Å². The number of hydrogen-bond donors (Lipinski definition) is 1. The highest BCUT2D eigenvalue weighted by molar-refractivity contribution is 7.98. The lowest BCUT2D eigenvalue weighted by molar-refractivity contribution is -0.140. The lowest BCUT2D eigenvalue weighted by atomic mass is 10.1. The second-order valence-corrected chi connectivity index (χ2v) is 13.9. The topological polar surface area (TPSA) is 86.8 Å². The van der Waals surface area contributed by atoms with Crippen LogP contribution in [0.1, 0.15) is 38.3 Å². The van der Waals surface area contributed by atoms with E-state index in [0.29, 0.717) is 34.3 Å². The van der Waals surface area contributed by atoms with Gasteiger partial charge in [-0.3, -0.25) is 13.9 Å². The number of hydrogen-bond acceptors (Lipinski definition) is 5.